The molecular formula is C8H10ClIS. The van der Waals surface area contributed by atoms with Gasteiger partial charge in [0.05, 0.1) is 7.91 Å². The van der Waals surface area contributed by atoms with Gasteiger partial charge in [0, 0.05) is 4.88 Å². The first kappa shape index (κ1) is 9.81. The van der Waals surface area contributed by atoms with E-state index in [1.807, 2.05) is 0 Å². The molecule has 11 heavy (non-hydrogen) atoms. The Bertz CT molecular complexity index is 240. The van der Waals surface area contributed by atoms with Crippen LogP contribution in [0.1, 0.15) is 25.6 Å². The third-order valence-corrected chi connectivity index (χ3v) is 4.70. The normalized spacial score (nSPS) is 12.1. The molecule has 3 heteroatoms. The Morgan fingerprint density at radius 1 is 1.45 bits per heavy atom. The first-order valence-corrected chi connectivity index (χ1v) is 5.64. The van der Waals surface area contributed by atoms with Gasteiger partial charge in [0.25, 0.3) is 0 Å². The maximum absolute atomic E-state index is 5.94. The van der Waals surface area contributed by atoms with E-state index in [4.69, 9.17) is 11.6 Å². The van der Waals surface area contributed by atoms with E-state index in [0.717, 1.165) is 5.02 Å². The fraction of sp³-hybridized carbons (Fsp3) is 0.500. The fourth-order valence-electron chi connectivity index (χ4n) is 0.716. The Labute approximate surface area is 90.1 Å². The van der Waals surface area contributed by atoms with Crippen LogP contribution < -0.4 is 0 Å². The molecule has 0 fully saturated rings. The molecule has 0 bridgehead atoms. The van der Waals surface area contributed by atoms with Gasteiger partial charge in [-0.25, -0.2) is 0 Å². The van der Waals surface area contributed by atoms with E-state index in [0.29, 0.717) is 0 Å². The van der Waals surface area contributed by atoms with Crippen molar-refractivity contribution in [2.45, 2.75) is 26.2 Å². The molecule has 1 aromatic heterocycles. The van der Waals surface area contributed by atoms with Gasteiger partial charge in [-0.1, -0.05) is 32.4 Å². The van der Waals surface area contributed by atoms with Crippen molar-refractivity contribution < 1.29 is 0 Å². The summed E-state index contributed by atoms with van der Waals surface area (Å²) in [6.07, 6.45) is 0. The van der Waals surface area contributed by atoms with Crippen molar-refractivity contribution in [1.29, 1.82) is 0 Å². The molecule has 0 amide bonds. The number of halogens is 2. The second-order valence-electron chi connectivity index (χ2n) is 3.48. The number of hydrogen-bond donors (Lipinski definition) is 0. The molecule has 62 valence electrons. The minimum atomic E-state index is 0.234. The predicted octanol–water partition coefficient (Wildman–Crippen LogP) is 4.30. The van der Waals surface area contributed by atoms with Gasteiger partial charge in [-0.15, -0.1) is 11.3 Å². The van der Waals surface area contributed by atoms with Crippen LogP contribution >= 0.6 is 45.5 Å². The second-order valence-corrected chi connectivity index (χ2v) is 6.75. The van der Waals surface area contributed by atoms with E-state index in [9.17, 15) is 0 Å². The van der Waals surface area contributed by atoms with Crippen LogP contribution in [0.2, 0.25) is 5.02 Å². The molecular weight excluding hydrogens is 291 g/mol. The Hall–Kier alpha value is 0.720. The quantitative estimate of drug-likeness (QED) is 0.627. The summed E-state index contributed by atoms with van der Waals surface area (Å²) in [4.78, 5) is 1.35. The van der Waals surface area contributed by atoms with Gasteiger partial charge in [0.1, 0.15) is 0 Å². The highest BCUT2D eigenvalue weighted by Crippen LogP contribution is 2.35. The fourth-order valence-corrected chi connectivity index (χ4v) is 2.71. The lowest BCUT2D eigenvalue weighted by molar-refractivity contribution is 0.604. The van der Waals surface area contributed by atoms with E-state index < -0.39 is 0 Å². The summed E-state index contributed by atoms with van der Waals surface area (Å²) >= 11 is 9.99. The van der Waals surface area contributed by atoms with Crippen molar-refractivity contribution in [3.8, 4) is 0 Å². The molecule has 0 aliphatic carbocycles. The van der Waals surface area contributed by atoms with Gasteiger partial charge >= 0.3 is 0 Å². The zero-order valence-corrected chi connectivity index (χ0v) is 10.5. The molecule has 0 spiro atoms. The van der Waals surface area contributed by atoms with Crippen molar-refractivity contribution in [3.63, 3.8) is 0 Å². The van der Waals surface area contributed by atoms with Gasteiger partial charge in [0.15, 0.2) is 0 Å². The Balaban J connectivity index is 3.08. The first-order chi connectivity index (χ1) is 4.91. The molecule has 0 atom stereocenters. The van der Waals surface area contributed by atoms with Crippen LogP contribution in [0.15, 0.2) is 6.07 Å². The Kier molecular flexibility index (Phi) is 2.88. The maximum Gasteiger partial charge on any atom is 0.0842 e. The van der Waals surface area contributed by atoms with Gasteiger partial charge < -0.3 is 0 Å². The first-order valence-electron chi connectivity index (χ1n) is 3.36. The summed E-state index contributed by atoms with van der Waals surface area (Å²) in [5.41, 5.74) is 0.234. The standard InChI is InChI=1S/C8H10ClIS/c1-8(2,3)6-4-5(9)7(10)11-6/h4H,1-3H3. The predicted molar refractivity (Wildman–Crippen MR) is 60.7 cm³/mol. The van der Waals surface area contributed by atoms with Gasteiger partial charge in [-0.05, 0) is 34.1 Å². The molecule has 1 aromatic rings. The lowest BCUT2D eigenvalue weighted by atomic mass is 9.95. The molecule has 0 N–H and O–H groups in total. The molecule has 0 saturated carbocycles. The number of thiophene rings is 1. The molecule has 0 unspecified atom stereocenters. The zero-order valence-electron chi connectivity index (χ0n) is 6.74. The van der Waals surface area contributed by atoms with Crippen molar-refractivity contribution >= 4 is 45.5 Å². The highest BCUT2D eigenvalue weighted by molar-refractivity contribution is 14.1. The maximum atomic E-state index is 5.94. The largest absolute Gasteiger partial charge is 0.132 e. The highest BCUT2D eigenvalue weighted by Gasteiger charge is 2.17. The van der Waals surface area contributed by atoms with E-state index in [1.165, 1.54) is 7.76 Å². The van der Waals surface area contributed by atoms with E-state index in [2.05, 4.69) is 49.4 Å². The number of rotatable bonds is 0. The topological polar surface area (TPSA) is 0 Å². The molecule has 0 aliphatic heterocycles. The monoisotopic (exact) mass is 300 g/mol. The molecule has 0 nitrogen and oxygen atoms in total. The Morgan fingerprint density at radius 3 is 2.18 bits per heavy atom. The van der Waals surface area contributed by atoms with Crippen molar-refractivity contribution in [2.75, 3.05) is 0 Å². The van der Waals surface area contributed by atoms with Crippen LogP contribution in [-0.2, 0) is 5.41 Å². The smallest absolute Gasteiger partial charge is 0.0842 e. The summed E-state index contributed by atoms with van der Waals surface area (Å²) in [5, 5.41) is 0.889. The van der Waals surface area contributed by atoms with Gasteiger partial charge in [-0.2, -0.15) is 0 Å². The van der Waals surface area contributed by atoms with Gasteiger partial charge in [-0.3, -0.25) is 0 Å². The lowest BCUT2D eigenvalue weighted by Gasteiger charge is -2.14. The van der Waals surface area contributed by atoms with Crippen LogP contribution in [-0.4, -0.2) is 0 Å². The van der Waals surface area contributed by atoms with Crippen molar-refractivity contribution in [3.05, 3.63) is 18.9 Å². The van der Waals surface area contributed by atoms with Crippen LogP contribution in [0.25, 0.3) is 0 Å². The summed E-state index contributed by atoms with van der Waals surface area (Å²) in [6.45, 7) is 6.60. The van der Waals surface area contributed by atoms with E-state index in [-0.39, 0.29) is 5.41 Å². The molecule has 0 saturated heterocycles. The summed E-state index contributed by atoms with van der Waals surface area (Å²) in [5.74, 6) is 0. The minimum Gasteiger partial charge on any atom is -0.132 e. The minimum absolute atomic E-state index is 0.234. The third-order valence-electron chi connectivity index (χ3n) is 1.38. The molecule has 0 aliphatic rings. The van der Waals surface area contributed by atoms with Crippen molar-refractivity contribution in [1.82, 2.24) is 0 Å². The zero-order chi connectivity index (χ0) is 8.65. The Morgan fingerprint density at radius 2 is 2.00 bits per heavy atom. The summed E-state index contributed by atoms with van der Waals surface area (Å²) < 4.78 is 1.19. The highest BCUT2D eigenvalue weighted by atomic mass is 127. The molecule has 1 heterocycles. The second kappa shape index (κ2) is 3.23. The van der Waals surface area contributed by atoms with Crippen LogP contribution in [0.4, 0.5) is 0 Å². The van der Waals surface area contributed by atoms with Crippen LogP contribution in [0.3, 0.4) is 0 Å². The van der Waals surface area contributed by atoms with E-state index in [1.54, 1.807) is 11.3 Å². The van der Waals surface area contributed by atoms with Crippen LogP contribution in [0.5, 0.6) is 0 Å². The van der Waals surface area contributed by atoms with Crippen molar-refractivity contribution in [2.24, 2.45) is 0 Å². The van der Waals surface area contributed by atoms with Crippen LogP contribution in [0, 0.1) is 2.88 Å². The SMILES string of the molecule is CC(C)(C)c1cc(Cl)c(I)s1. The summed E-state index contributed by atoms with van der Waals surface area (Å²) in [7, 11) is 0. The molecule has 0 radical (unpaired) electrons. The summed E-state index contributed by atoms with van der Waals surface area (Å²) in [6, 6.07) is 2.06. The number of hydrogen-bond acceptors (Lipinski definition) is 1. The molecule has 0 aromatic carbocycles. The third kappa shape index (κ3) is 2.33. The average molecular weight is 301 g/mol. The van der Waals surface area contributed by atoms with E-state index >= 15 is 0 Å². The average Bonchev–Trinajstić information content (AvgIpc) is 2.11. The lowest BCUT2D eigenvalue weighted by Crippen LogP contribution is -2.07. The molecule has 1 rings (SSSR count). The van der Waals surface area contributed by atoms with Gasteiger partial charge in [0.2, 0.25) is 0 Å².